The summed E-state index contributed by atoms with van der Waals surface area (Å²) in [5.41, 5.74) is 0.668. The molecule has 0 bridgehead atoms. The van der Waals surface area contributed by atoms with Gasteiger partial charge in [0.1, 0.15) is 0 Å². The van der Waals surface area contributed by atoms with Crippen LogP contribution in [0.15, 0.2) is 18.2 Å². The van der Waals surface area contributed by atoms with Crippen molar-refractivity contribution in [3.05, 3.63) is 38.9 Å². The van der Waals surface area contributed by atoms with Crippen LogP contribution in [0.3, 0.4) is 0 Å². The maximum Gasteiger partial charge on any atom is 0.275 e. The highest BCUT2D eigenvalue weighted by atomic mass is 35.5. The largest absolute Gasteiger partial charge is 0.312 e. The van der Waals surface area contributed by atoms with Gasteiger partial charge in [0.05, 0.1) is 15.5 Å². The van der Waals surface area contributed by atoms with E-state index in [-0.39, 0.29) is 10.6 Å². The minimum absolute atomic E-state index is 0.0915. The monoisotopic (exact) mass is 254 g/mol. The van der Waals surface area contributed by atoms with Gasteiger partial charge >= 0.3 is 0 Å². The average Bonchev–Trinajstić information content (AvgIpc) is 2.96. The van der Waals surface area contributed by atoms with Crippen LogP contribution in [-0.2, 0) is 6.54 Å². The van der Waals surface area contributed by atoms with Gasteiger partial charge in [-0.15, -0.1) is 0 Å². The van der Waals surface area contributed by atoms with Crippen molar-refractivity contribution in [2.75, 3.05) is 6.54 Å². The molecule has 0 aliphatic heterocycles. The second-order valence-electron chi connectivity index (χ2n) is 4.60. The Balaban J connectivity index is 2.00. The maximum atomic E-state index is 10.9. The lowest BCUT2D eigenvalue weighted by Crippen LogP contribution is -2.17. The summed E-state index contributed by atoms with van der Waals surface area (Å²) in [4.78, 5) is 10.5. The van der Waals surface area contributed by atoms with Crippen molar-refractivity contribution >= 4 is 17.3 Å². The molecular weight excluding hydrogens is 240 g/mol. The first-order valence-corrected chi connectivity index (χ1v) is 6.10. The smallest absolute Gasteiger partial charge is 0.275 e. The number of hydrogen-bond donors (Lipinski definition) is 1. The van der Waals surface area contributed by atoms with E-state index < -0.39 is 0 Å². The van der Waals surface area contributed by atoms with E-state index in [1.54, 1.807) is 12.1 Å². The van der Waals surface area contributed by atoms with Crippen LogP contribution in [0.2, 0.25) is 5.02 Å². The van der Waals surface area contributed by atoms with Gasteiger partial charge in [-0.3, -0.25) is 10.1 Å². The normalized spacial score (nSPS) is 22.5. The van der Waals surface area contributed by atoms with Gasteiger partial charge in [-0.1, -0.05) is 24.6 Å². The predicted molar refractivity (Wildman–Crippen MR) is 67.1 cm³/mol. The molecule has 0 spiro atoms. The second-order valence-corrected chi connectivity index (χ2v) is 5.01. The van der Waals surface area contributed by atoms with Crippen LogP contribution in [0.4, 0.5) is 5.69 Å². The Morgan fingerprint density at radius 3 is 2.88 bits per heavy atom. The zero-order valence-electron chi connectivity index (χ0n) is 9.65. The summed E-state index contributed by atoms with van der Waals surface area (Å²) in [5.74, 6) is 1.50. The van der Waals surface area contributed by atoms with Gasteiger partial charge < -0.3 is 5.32 Å². The minimum atomic E-state index is -0.386. The van der Waals surface area contributed by atoms with Gasteiger partial charge in [0.25, 0.3) is 5.69 Å². The molecule has 2 rings (SSSR count). The number of nitrogens with zero attached hydrogens (tertiary/aromatic N) is 1. The molecule has 2 unspecified atom stereocenters. The van der Waals surface area contributed by atoms with Crippen molar-refractivity contribution in [2.45, 2.75) is 19.9 Å². The highest BCUT2D eigenvalue weighted by Crippen LogP contribution is 2.37. The maximum absolute atomic E-state index is 10.9. The summed E-state index contributed by atoms with van der Waals surface area (Å²) >= 11 is 5.99. The number of nitro benzene ring substituents is 1. The van der Waals surface area contributed by atoms with Gasteiger partial charge in [-0.05, 0) is 30.9 Å². The molecule has 2 atom stereocenters. The Labute approximate surface area is 105 Å². The molecule has 0 aromatic heterocycles. The molecule has 17 heavy (non-hydrogen) atoms. The first-order valence-electron chi connectivity index (χ1n) is 5.72. The van der Waals surface area contributed by atoms with E-state index in [2.05, 4.69) is 12.2 Å². The minimum Gasteiger partial charge on any atom is -0.312 e. The van der Waals surface area contributed by atoms with Gasteiger partial charge in [0.2, 0.25) is 0 Å². The SMILES string of the molecule is CC1CC1CNCc1c(Cl)cccc1[N+](=O)[O-]. The molecule has 1 saturated carbocycles. The van der Waals surface area contributed by atoms with Gasteiger partial charge in [-0.25, -0.2) is 0 Å². The van der Waals surface area contributed by atoms with Crippen molar-refractivity contribution < 1.29 is 4.92 Å². The number of nitrogens with one attached hydrogen (secondary N) is 1. The lowest BCUT2D eigenvalue weighted by Gasteiger charge is -2.06. The van der Waals surface area contributed by atoms with E-state index in [1.165, 1.54) is 12.5 Å². The molecule has 4 nitrogen and oxygen atoms in total. The van der Waals surface area contributed by atoms with Crippen LogP contribution in [0.1, 0.15) is 18.9 Å². The van der Waals surface area contributed by atoms with Gasteiger partial charge in [0.15, 0.2) is 0 Å². The second kappa shape index (κ2) is 5.02. The Hall–Kier alpha value is -1.13. The third-order valence-electron chi connectivity index (χ3n) is 3.28. The summed E-state index contributed by atoms with van der Waals surface area (Å²) in [6.07, 6.45) is 1.25. The quantitative estimate of drug-likeness (QED) is 0.649. The summed E-state index contributed by atoms with van der Waals surface area (Å²) in [5, 5.41) is 14.6. The van der Waals surface area contributed by atoms with Crippen molar-refractivity contribution in [1.29, 1.82) is 0 Å². The molecule has 5 heteroatoms. The standard InChI is InChI=1S/C12H15ClN2O2/c1-8-5-9(8)6-14-7-10-11(13)3-2-4-12(10)15(16)17/h2-4,8-9,14H,5-7H2,1H3. The fourth-order valence-electron chi connectivity index (χ4n) is 1.96. The van der Waals surface area contributed by atoms with Crippen LogP contribution in [0.25, 0.3) is 0 Å². The lowest BCUT2D eigenvalue weighted by atomic mass is 10.1. The molecule has 1 aliphatic carbocycles. The molecule has 92 valence electrons. The van der Waals surface area contributed by atoms with E-state index in [4.69, 9.17) is 11.6 Å². The number of benzene rings is 1. The topological polar surface area (TPSA) is 55.2 Å². The number of rotatable bonds is 5. The summed E-state index contributed by atoms with van der Waals surface area (Å²) in [6.45, 7) is 3.58. The molecule has 1 aromatic carbocycles. The summed E-state index contributed by atoms with van der Waals surface area (Å²) in [7, 11) is 0. The third kappa shape index (κ3) is 2.96. The van der Waals surface area contributed by atoms with Gasteiger partial charge in [0, 0.05) is 12.6 Å². The van der Waals surface area contributed by atoms with Crippen molar-refractivity contribution in [2.24, 2.45) is 11.8 Å². The molecule has 0 heterocycles. The van der Waals surface area contributed by atoms with Gasteiger partial charge in [-0.2, -0.15) is 0 Å². The Morgan fingerprint density at radius 1 is 1.59 bits per heavy atom. The molecule has 1 aromatic rings. The van der Waals surface area contributed by atoms with Crippen LogP contribution in [-0.4, -0.2) is 11.5 Å². The molecule has 1 N–H and O–H groups in total. The molecule has 1 fully saturated rings. The van der Waals surface area contributed by atoms with E-state index in [1.807, 2.05) is 0 Å². The summed E-state index contributed by atoms with van der Waals surface area (Å²) in [6, 6.07) is 4.78. The Bertz CT molecular complexity index is 437. The first kappa shape index (κ1) is 12.3. The number of halogens is 1. The van der Waals surface area contributed by atoms with Crippen LogP contribution < -0.4 is 5.32 Å². The number of nitro groups is 1. The molecule has 1 aliphatic rings. The highest BCUT2D eigenvalue weighted by molar-refractivity contribution is 6.31. The van der Waals surface area contributed by atoms with Crippen molar-refractivity contribution in [1.82, 2.24) is 5.32 Å². The molecule has 0 saturated heterocycles. The zero-order valence-corrected chi connectivity index (χ0v) is 10.4. The lowest BCUT2D eigenvalue weighted by molar-refractivity contribution is -0.385. The first-order chi connectivity index (χ1) is 8.09. The average molecular weight is 255 g/mol. The summed E-state index contributed by atoms with van der Waals surface area (Å²) < 4.78 is 0. The van der Waals surface area contributed by atoms with Crippen molar-refractivity contribution in [3.63, 3.8) is 0 Å². The third-order valence-corrected chi connectivity index (χ3v) is 3.63. The zero-order chi connectivity index (χ0) is 12.4. The fraction of sp³-hybridized carbons (Fsp3) is 0.500. The van der Waals surface area contributed by atoms with Crippen LogP contribution in [0, 0.1) is 22.0 Å². The van der Waals surface area contributed by atoms with E-state index in [0.717, 1.165) is 18.4 Å². The Kier molecular flexibility index (Phi) is 3.64. The van der Waals surface area contributed by atoms with Crippen molar-refractivity contribution in [3.8, 4) is 0 Å². The predicted octanol–water partition coefficient (Wildman–Crippen LogP) is 2.99. The molecular formula is C12H15ClN2O2. The van der Waals surface area contributed by atoms with E-state index in [9.17, 15) is 10.1 Å². The molecule has 0 amide bonds. The number of hydrogen-bond acceptors (Lipinski definition) is 3. The van der Waals surface area contributed by atoms with E-state index in [0.29, 0.717) is 17.1 Å². The highest BCUT2D eigenvalue weighted by Gasteiger charge is 2.31. The van der Waals surface area contributed by atoms with E-state index >= 15 is 0 Å². The Morgan fingerprint density at radius 2 is 2.29 bits per heavy atom. The fourth-order valence-corrected chi connectivity index (χ4v) is 2.20. The van der Waals surface area contributed by atoms with Crippen LogP contribution >= 0.6 is 11.6 Å². The molecule has 0 radical (unpaired) electrons. The van der Waals surface area contributed by atoms with Crippen LogP contribution in [0.5, 0.6) is 0 Å².